The van der Waals surface area contributed by atoms with E-state index in [2.05, 4.69) is 24.1 Å². The van der Waals surface area contributed by atoms with Crippen LogP contribution in [-0.4, -0.2) is 16.9 Å². The van der Waals surface area contributed by atoms with Gasteiger partial charge in [0.2, 0.25) is 0 Å². The Morgan fingerprint density at radius 2 is 2.22 bits per heavy atom. The molecule has 3 rings (SSSR count). The lowest BCUT2D eigenvalue weighted by Crippen LogP contribution is -2.28. The van der Waals surface area contributed by atoms with Crippen LogP contribution in [0, 0.1) is 5.41 Å². The summed E-state index contributed by atoms with van der Waals surface area (Å²) in [6.07, 6.45) is 2.79. The van der Waals surface area contributed by atoms with Gasteiger partial charge >= 0.3 is 0 Å². The lowest BCUT2D eigenvalue weighted by atomic mass is 10.1. The van der Waals surface area contributed by atoms with Crippen molar-refractivity contribution in [2.24, 2.45) is 5.41 Å². The Kier molecular flexibility index (Phi) is 2.17. The average molecular weight is 243 g/mol. The summed E-state index contributed by atoms with van der Waals surface area (Å²) in [5.74, 6) is -0.0255. The van der Waals surface area contributed by atoms with Crippen LogP contribution in [0.25, 0.3) is 10.9 Å². The topological polar surface area (TPSA) is 70.9 Å². The number of hydrogen-bond acceptors (Lipinski definition) is 2. The molecule has 4 nitrogen and oxygen atoms in total. The Labute approximate surface area is 106 Å². The Morgan fingerprint density at radius 3 is 2.89 bits per heavy atom. The number of rotatable bonds is 2. The maximum absolute atomic E-state index is 12.2. The molecule has 2 aromatic rings. The van der Waals surface area contributed by atoms with Crippen molar-refractivity contribution >= 4 is 22.5 Å². The Balaban J connectivity index is 1.90. The van der Waals surface area contributed by atoms with Crippen LogP contribution in [0.15, 0.2) is 24.4 Å². The van der Waals surface area contributed by atoms with Gasteiger partial charge < -0.3 is 16.0 Å². The van der Waals surface area contributed by atoms with E-state index in [-0.39, 0.29) is 17.4 Å². The molecule has 1 fully saturated rings. The summed E-state index contributed by atoms with van der Waals surface area (Å²) in [6, 6.07) is 5.84. The number of hydrogen-bond donors (Lipinski definition) is 3. The van der Waals surface area contributed by atoms with E-state index in [4.69, 9.17) is 5.73 Å². The van der Waals surface area contributed by atoms with Crippen LogP contribution >= 0.6 is 0 Å². The van der Waals surface area contributed by atoms with E-state index in [1.807, 2.05) is 18.2 Å². The third-order valence-electron chi connectivity index (χ3n) is 3.77. The molecule has 1 aromatic carbocycles. The van der Waals surface area contributed by atoms with Crippen LogP contribution in [-0.2, 0) is 0 Å². The highest BCUT2D eigenvalue weighted by atomic mass is 16.1. The molecule has 4 N–H and O–H groups in total. The normalized spacial score (nSPS) is 20.9. The minimum absolute atomic E-state index is 0.0255. The van der Waals surface area contributed by atoms with Crippen molar-refractivity contribution in [2.75, 3.05) is 5.73 Å². The van der Waals surface area contributed by atoms with E-state index in [0.29, 0.717) is 11.3 Å². The summed E-state index contributed by atoms with van der Waals surface area (Å²) in [5.41, 5.74) is 8.27. The van der Waals surface area contributed by atoms with Crippen LogP contribution in [0.3, 0.4) is 0 Å². The number of H-pyrrole nitrogens is 1. The molecule has 1 aliphatic carbocycles. The first-order valence-electron chi connectivity index (χ1n) is 6.15. The van der Waals surface area contributed by atoms with E-state index in [9.17, 15) is 4.79 Å². The minimum atomic E-state index is -0.0255. The van der Waals surface area contributed by atoms with Gasteiger partial charge in [-0.05, 0) is 30.0 Å². The fourth-order valence-electron chi connectivity index (χ4n) is 2.28. The van der Waals surface area contributed by atoms with Crippen LogP contribution in [0.1, 0.15) is 30.6 Å². The van der Waals surface area contributed by atoms with Gasteiger partial charge in [0.15, 0.2) is 0 Å². The Hall–Kier alpha value is -1.97. The van der Waals surface area contributed by atoms with E-state index in [1.54, 1.807) is 6.20 Å². The molecule has 0 aliphatic heterocycles. The van der Waals surface area contributed by atoms with Gasteiger partial charge in [0, 0.05) is 28.8 Å². The number of benzene rings is 1. The maximum Gasteiger partial charge on any atom is 0.253 e. The molecule has 1 unspecified atom stereocenters. The van der Waals surface area contributed by atoms with Crippen LogP contribution in [0.5, 0.6) is 0 Å². The number of nitrogens with one attached hydrogen (secondary N) is 2. The number of fused-ring (bicyclic) bond motifs is 1. The standard InChI is InChI=1S/C14H17N3O/c1-14(2)6-12(14)17-13(18)10-7-16-11-4-3-8(15)5-9(10)11/h3-5,7,12,16H,6,15H2,1-2H3,(H,17,18). The molecule has 4 heteroatoms. The number of amides is 1. The Morgan fingerprint density at radius 1 is 1.50 bits per heavy atom. The molecule has 1 aromatic heterocycles. The van der Waals surface area contributed by atoms with Gasteiger partial charge in [0.25, 0.3) is 5.91 Å². The zero-order chi connectivity index (χ0) is 12.9. The summed E-state index contributed by atoms with van der Waals surface area (Å²) in [7, 11) is 0. The summed E-state index contributed by atoms with van der Waals surface area (Å²) in [5, 5.41) is 3.94. The molecule has 94 valence electrons. The van der Waals surface area contributed by atoms with Crippen molar-refractivity contribution in [3.63, 3.8) is 0 Å². The first-order valence-corrected chi connectivity index (χ1v) is 6.15. The second-order valence-corrected chi connectivity index (χ2v) is 5.73. The second-order valence-electron chi connectivity index (χ2n) is 5.73. The molecule has 0 radical (unpaired) electrons. The molecule has 0 saturated heterocycles. The van der Waals surface area contributed by atoms with Crippen molar-refractivity contribution in [1.82, 2.24) is 10.3 Å². The number of aromatic nitrogens is 1. The van der Waals surface area contributed by atoms with Gasteiger partial charge in [-0.3, -0.25) is 4.79 Å². The lowest BCUT2D eigenvalue weighted by molar-refractivity contribution is 0.0948. The van der Waals surface area contributed by atoms with Gasteiger partial charge in [0.1, 0.15) is 0 Å². The van der Waals surface area contributed by atoms with Gasteiger partial charge in [-0.1, -0.05) is 13.8 Å². The van der Waals surface area contributed by atoms with E-state index < -0.39 is 0 Å². The maximum atomic E-state index is 12.2. The fraction of sp³-hybridized carbons (Fsp3) is 0.357. The van der Waals surface area contributed by atoms with Crippen LogP contribution in [0.2, 0.25) is 0 Å². The number of carbonyl (C=O) groups excluding carboxylic acids is 1. The molecular weight excluding hydrogens is 226 g/mol. The third-order valence-corrected chi connectivity index (χ3v) is 3.77. The molecule has 1 amide bonds. The first-order chi connectivity index (χ1) is 8.47. The lowest BCUT2D eigenvalue weighted by Gasteiger charge is -2.06. The summed E-state index contributed by atoms with van der Waals surface area (Å²) in [4.78, 5) is 15.3. The minimum Gasteiger partial charge on any atom is -0.399 e. The van der Waals surface area contributed by atoms with Gasteiger partial charge in [-0.2, -0.15) is 0 Å². The number of carbonyl (C=O) groups is 1. The molecule has 18 heavy (non-hydrogen) atoms. The third kappa shape index (κ3) is 1.74. The van der Waals surface area contributed by atoms with Crippen LogP contribution in [0.4, 0.5) is 5.69 Å². The number of nitrogen functional groups attached to an aromatic ring is 1. The van der Waals surface area contributed by atoms with Gasteiger partial charge in [-0.15, -0.1) is 0 Å². The first kappa shape index (κ1) is 11.1. The summed E-state index contributed by atoms with van der Waals surface area (Å²) < 4.78 is 0. The molecule has 1 aliphatic rings. The smallest absolute Gasteiger partial charge is 0.253 e. The quantitative estimate of drug-likeness (QED) is 0.708. The average Bonchev–Trinajstić information content (AvgIpc) is 2.74. The van der Waals surface area contributed by atoms with Crippen LogP contribution < -0.4 is 11.1 Å². The molecular formula is C14H17N3O. The van der Waals surface area contributed by atoms with Gasteiger partial charge in [-0.25, -0.2) is 0 Å². The highest BCUT2D eigenvalue weighted by molar-refractivity contribution is 6.07. The molecule has 0 spiro atoms. The second kappa shape index (κ2) is 3.51. The Bertz CT molecular complexity index is 627. The van der Waals surface area contributed by atoms with Crippen molar-refractivity contribution in [1.29, 1.82) is 0 Å². The van der Waals surface area contributed by atoms with Crippen molar-refractivity contribution < 1.29 is 4.79 Å². The zero-order valence-electron chi connectivity index (χ0n) is 10.6. The van der Waals surface area contributed by atoms with E-state index in [1.165, 1.54) is 0 Å². The van der Waals surface area contributed by atoms with Crippen molar-refractivity contribution in [2.45, 2.75) is 26.3 Å². The van der Waals surface area contributed by atoms with E-state index in [0.717, 1.165) is 17.3 Å². The summed E-state index contributed by atoms with van der Waals surface area (Å²) in [6.45, 7) is 4.32. The predicted octanol–water partition coefficient (Wildman–Crippen LogP) is 2.28. The zero-order valence-corrected chi connectivity index (χ0v) is 10.6. The van der Waals surface area contributed by atoms with Crippen molar-refractivity contribution in [3.05, 3.63) is 30.0 Å². The number of anilines is 1. The molecule has 1 atom stereocenters. The molecule has 1 saturated carbocycles. The number of nitrogens with two attached hydrogens (primary N) is 1. The largest absolute Gasteiger partial charge is 0.399 e. The van der Waals surface area contributed by atoms with Gasteiger partial charge in [0.05, 0.1) is 5.56 Å². The fourth-order valence-corrected chi connectivity index (χ4v) is 2.28. The van der Waals surface area contributed by atoms with E-state index >= 15 is 0 Å². The molecule has 0 bridgehead atoms. The number of aromatic amines is 1. The summed E-state index contributed by atoms with van der Waals surface area (Å²) >= 11 is 0. The SMILES string of the molecule is CC1(C)CC1NC(=O)c1c[nH]c2ccc(N)cc12. The monoisotopic (exact) mass is 243 g/mol. The predicted molar refractivity (Wildman–Crippen MR) is 72.4 cm³/mol. The van der Waals surface area contributed by atoms with Crippen molar-refractivity contribution in [3.8, 4) is 0 Å². The highest BCUT2D eigenvalue weighted by Gasteiger charge is 2.46. The molecule has 1 heterocycles. The highest BCUT2D eigenvalue weighted by Crippen LogP contribution is 2.44.